The molecular weight excluding hydrogens is 324 g/mol. The Hall–Kier alpha value is -1.82. The van der Waals surface area contributed by atoms with E-state index < -0.39 is 10.9 Å². The molecule has 0 saturated heterocycles. The Morgan fingerprint density at radius 2 is 1.85 bits per heavy atom. The number of hydrogen-bond donors (Lipinski definition) is 1. The van der Waals surface area contributed by atoms with Crippen LogP contribution in [0.3, 0.4) is 0 Å². The molecule has 0 saturated carbocycles. The molecular formula is C14H15BrN2O3. The minimum Gasteiger partial charge on any atom is -0.492 e. The largest absolute Gasteiger partial charge is 0.492 e. The lowest BCUT2D eigenvalue weighted by Crippen LogP contribution is -2.43. The lowest BCUT2D eigenvalue weighted by molar-refractivity contribution is 0.324. The molecule has 0 spiro atoms. The lowest BCUT2D eigenvalue weighted by atomic mass is 10.2. The summed E-state index contributed by atoms with van der Waals surface area (Å²) in [6, 6.07) is 7.49. The van der Waals surface area contributed by atoms with Crippen LogP contribution in [-0.2, 0) is 0 Å². The third kappa shape index (κ3) is 2.85. The zero-order valence-electron chi connectivity index (χ0n) is 11.1. The molecule has 6 heteroatoms. The van der Waals surface area contributed by atoms with Gasteiger partial charge in [-0.2, -0.15) is 0 Å². The summed E-state index contributed by atoms with van der Waals surface area (Å²) in [7, 11) is 0. The van der Waals surface area contributed by atoms with Gasteiger partial charge in [0, 0.05) is 11.0 Å². The highest BCUT2D eigenvalue weighted by molar-refractivity contribution is 9.10. The molecule has 0 aliphatic carbocycles. The summed E-state index contributed by atoms with van der Waals surface area (Å²) < 4.78 is 6.57. The second kappa shape index (κ2) is 6.09. The van der Waals surface area contributed by atoms with E-state index in [-0.39, 0.29) is 5.69 Å². The SMILES string of the molecule is CCN(CCOc1ccc(Br)cc1)c1c(N)c(=O)c1=O. The average Bonchev–Trinajstić information content (AvgIpc) is 2.47. The van der Waals surface area contributed by atoms with Crippen LogP contribution in [0, 0.1) is 0 Å². The van der Waals surface area contributed by atoms with Crippen molar-refractivity contribution < 1.29 is 4.74 Å². The monoisotopic (exact) mass is 338 g/mol. The molecule has 0 unspecified atom stereocenters. The van der Waals surface area contributed by atoms with Crippen molar-refractivity contribution in [2.75, 3.05) is 30.3 Å². The average molecular weight is 339 g/mol. The quantitative estimate of drug-likeness (QED) is 0.808. The van der Waals surface area contributed by atoms with Crippen molar-refractivity contribution >= 4 is 27.3 Å². The normalized spacial score (nSPS) is 10.7. The molecule has 0 amide bonds. The Kier molecular flexibility index (Phi) is 4.44. The standard InChI is InChI=1S/C14H15BrN2O3/c1-2-17(12-11(16)13(18)14(12)19)7-8-20-10-5-3-9(15)4-6-10/h3-6H,2,7-8,16H2,1H3. The Bertz CT molecular complexity index is 660. The fourth-order valence-corrected chi connectivity index (χ4v) is 2.21. The van der Waals surface area contributed by atoms with Gasteiger partial charge in [-0.1, -0.05) is 15.9 Å². The van der Waals surface area contributed by atoms with Crippen LogP contribution in [0.1, 0.15) is 6.92 Å². The van der Waals surface area contributed by atoms with Gasteiger partial charge in [-0.3, -0.25) is 9.59 Å². The summed E-state index contributed by atoms with van der Waals surface area (Å²) in [5.74, 6) is 0.752. The van der Waals surface area contributed by atoms with Gasteiger partial charge in [0.15, 0.2) is 0 Å². The van der Waals surface area contributed by atoms with E-state index in [1.54, 1.807) is 4.90 Å². The maximum atomic E-state index is 11.5. The van der Waals surface area contributed by atoms with Gasteiger partial charge in [-0.15, -0.1) is 0 Å². The molecule has 0 aromatic heterocycles. The van der Waals surface area contributed by atoms with Gasteiger partial charge < -0.3 is 15.4 Å². The third-order valence-electron chi connectivity index (χ3n) is 3.06. The number of ether oxygens (including phenoxy) is 1. The van der Waals surface area contributed by atoms with Crippen LogP contribution in [0.5, 0.6) is 5.75 Å². The van der Waals surface area contributed by atoms with Crippen LogP contribution < -0.4 is 26.2 Å². The zero-order chi connectivity index (χ0) is 14.7. The number of halogens is 1. The van der Waals surface area contributed by atoms with Crippen molar-refractivity contribution in [2.24, 2.45) is 0 Å². The number of benzene rings is 1. The van der Waals surface area contributed by atoms with Crippen LogP contribution in [0.2, 0.25) is 0 Å². The second-order valence-electron chi connectivity index (χ2n) is 4.30. The Morgan fingerprint density at radius 3 is 2.40 bits per heavy atom. The first-order valence-electron chi connectivity index (χ1n) is 6.26. The van der Waals surface area contributed by atoms with Crippen molar-refractivity contribution in [3.8, 4) is 5.75 Å². The van der Waals surface area contributed by atoms with Crippen molar-refractivity contribution in [1.82, 2.24) is 0 Å². The first-order chi connectivity index (χ1) is 9.54. The molecule has 0 heterocycles. The predicted molar refractivity (Wildman–Crippen MR) is 83.3 cm³/mol. The van der Waals surface area contributed by atoms with Gasteiger partial charge >= 0.3 is 0 Å². The van der Waals surface area contributed by atoms with E-state index in [9.17, 15) is 9.59 Å². The number of hydrogen-bond acceptors (Lipinski definition) is 5. The molecule has 2 rings (SSSR count). The minimum atomic E-state index is -0.590. The van der Waals surface area contributed by atoms with Crippen LogP contribution in [0.25, 0.3) is 0 Å². The van der Waals surface area contributed by atoms with Gasteiger partial charge in [0.2, 0.25) is 0 Å². The van der Waals surface area contributed by atoms with Crippen LogP contribution >= 0.6 is 15.9 Å². The zero-order valence-corrected chi connectivity index (χ0v) is 12.6. The van der Waals surface area contributed by atoms with Crippen LogP contribution in [-0.4, -0.2) is 19.7 Å². The Morgan fingerprint density at radius 1 is 1.20 bits per heavy atom. The fraction of sp³-hybridized carbons (Fsp3) is 0.286. The smallest absolute Gasteiger partial charge is 0.253 e. The Balaban J connectivity index is 1.94. The molecule has 0 aliphatic rings. The van der Waals surface area contributed by atoms with Gasteiger partial charge in [0.1, 0.15) is 23.7 Å². The van der Waals surface area contributed by atoms with Gasteiger partial charge in [0.25, 0.3) is 10.9 Å². The summed E-state index contributed by atoms with van der Waals surface area (Å²) in [5.41, 5.74) is 4.83. The lowest BCUT2D eigenvalue weighted by Gasteiger charge is -2.24. The number of nitrogens with zero attached hydrogens (tertiary/aromatic N) is 1. The molecule has 0 radical (unpaired) electrons. The highest BCUT2D eigenvalue weighted by Gasteiger charge is 2.22. The van der Waals surface area contributed by atoms with Gasteiger partial charge in [0.05, 0.1) is 6.54 Å². The minimum absolute atomic E-state index is 0.0560. The fourth-order valence-electron chi connectivity index (χ4n) is 1.94. The molecule has 0 fully saturated rings. The first kappa shape index (κ1) is 14.6. The van der Waals surface area contributed by atoms with Crippen LogP contribution in [0.15, 0.2) is 38.3 Å². The molecule has 0 atom stereocenters. The van der Waals surface area contributed by atoms with E-state index in [0.29, 0.717) is 25.4 Å². The van der Waals surface area contributed by atoms with Gasteiger partial charge in [-0.05, 0) is 31.2 Å². The van der Waals surface area contributed by atoms with E-state index in [0.717, 1.165) is 10.2 Å². The van der Waals surface area contributed by atoms with E-state index in [1.165, 1.54) is 0 Å². The summed E-state index contributed by atoms with van der Waals surface area (Å²) in [6.45, 7) is 3.41. The Labute approximate surface area is 124 Å². The number of nitrogens with two attached hydrogens (primary N) is 1. The molecule has 106 valence electrons. The van der Waals surface area contributed by atoms with E-state index >= 15 is 0 Å². The molecule has 2 N–H and O–H groups in total. The van der Waals surface area contributed by atoms with Crippen molar-refractivity contribution in [3.05, 3.63) is 49.2 Å². The van der Waals surface area contributed by atoms with E-state index in [2.05, 4.69) is 15.9 Å². The number of nitrogen functional groups attached to an aromatic ring is 1. The first-order valence-corrected chi connectivity index (χ1v) is 7.06. The van der Waals surface area contributed by atoms with E-state index in [1.807, 2.05) is 31.2 Å². The number of likely N-dealkylation sites (N-methyl/N-ethyl adjacent to an activating group) is 1. The topological polar surface area (TPSA) is 72.6 Å². The summed E-state index contributed by atoms with van der Waals surface area (Å²) in [6.07, 6.45) is 0. The second-order valence-corrected chi connectivity index (χ2v) is 5.22. The van der Waals surface area contributed by atoms with Crippen LogP contribution in [0.4, 0.5) is 11.4 Å². The maximum absolute atomic E-state index is 11.5. The third-order valence-corrected chi connectivity index (χ3v) is 3.59. The molecule has 2 aromatic rings. The predicted octanol–water partition coefficient (Wildman–Crippen LogP) is 1.53. The number of anilines is 2. The van der Waals surface area contributed by atoms with Gasteiger partial charge in [-0.25, -0.2) is 0 Å². The molecule has 0 aliphatic heterocycles. The highest BCUT2D eigenvalue weighted by Crippen LogP contribution is 2.18. The molecule has 20 heavy (non-hydrogen) atoms. The van der Waals surface area contributed by atoms with Crippen molar-refractivity contribution in [1.29, 1.82) is 0 Å². The number of rotatable bonds is 6. The summed E-state index contributed by atoms with van der Waals surface area (Å²) >= 11 is 3.35. The highest BCUT2D eigenvalue weighted by atomic mass is 79.9. The summed E-state index contributed by atoms with van der Waals surface area (Å²) in [4.78, 5) is 24.4. The van der Waals surface area contributed by atoms with Crippen molar-refractivity contribution in [3.63, 3.8) is 0 Å². The molecule has 5 nitrogen and oxygen atoms in total. The summed E-state index contributed by atoms with van der Waals surface area (Å²) in [5, 5.41) is 0. The van der Waals surface area contributed by atoms with Crippen molar-refractivity contribution in [2.45, 2.75) is 6.92 Å². The van der Waals surface area contributed by atoms with E-state index in [4.69, 9.17) is 10.5 Å². The molecule has 2 aromatic carbocycles. The molecule has 0 bridgehead atoms. The maximum Gasteiger partial charge on any atom is 0.253 e.